The van der Waals surface area contributed by atoms with Crippen molar-refractivity contribution in [1.82, 2.24) is 0 Å². The number of hydrogen-bond donors (Lipinski definition) is 0. The van der Waals surface area contributed by atoms with Gasteiger partial charge < -0.3 is 39.7 Å². The van der Waals surface area contributed by atoms with Crippen LogP contribution in [0.4, 0.5) is 4.79 Å². The molecule has 0 saturated carbocycles. The third kappa shape index (κ3) is 13.3. The molecule has 1 aromatic carbocycles. The SMILES string of the molecule is CCOC(=O)c1[c-]c(OC(=O)OC(C)(C)C)cc(C(=O)OCC)c1.[C-]#CC(=O)OCC.[Cu+2]. The fraction of sp³-hybridized carbons (Fsp3) is 0.455. The molecule has 1 aromatic rings. The second-order valence-electron chi connectivity index (χ2n) is 6.50. The number of carbonyl (C=O) groups is 4. The molecule has 0 heterocycles. The van der Waals surface area contributed by atoms with E-state index in [0.717, 1.165) is 0 Å². The fourth-order valence-corrected chi connectivity index (χ4v) is 1.78. The molecular weight excluding hydrogens is 472 g/mol. The van der Waals surface area contributed by atoms with Gasteiger partial charge in [0, 0.05) is 0 Å². The summed E-state index contributed by atoms with van der Waals surface area (Å²) in [6.07, 6.45) is 5.21. The number of hydrogen-bond acceptors (Lipinski definition) is 9. The Morgan fingerprint density at radius 3 is 1.91 bits per heavy atom. The van der Waals surface area contributed by atoms with Gasteiger partial charge in [0.15, 0.2) is 0 Å². The molecule has 0 fully saturated rings. The van der Waals surface area contributed by atoms with Gasteiger partial charge in [-0.25, -0.2) is 15.5 Å². The Labute approximate surface area is 198 Å². The van der Waals surface area contributed by atoms with E-state index in [-0.39, 0.29) is 47.2 Å². The summed E-state index contributed by atoms with van der Waals surface area (Å²) in [4.78, 5) is 45.4. The van der Waals surface area contributed by atoms with Gasteiger partial charge in [-0.3, -0.25) is 0 Å². The Morgan fingerprint density at radius 2 is 1.47 bits per heavy atom. The Bertz CT molecular complexity index is 783. The van der Waals surface area contributed by atoms with Crippen LogP contribution in [-0.4, -0.2) is 49.5 Å². The van der Waals surface area contributed by atoms with Crippen LogP contribution in [0.3, 0.4) is 0 Å². The van der Waals surface area contributed by atoms with Gasteiger partial charge in [0.2, 0.25) is 11.9 Å². The van der Waals surface area contributed by atoms with Crippen LogP contribution in [0.5, 0.6) is 5.75 Å². The first kappa shape index (κ1) is 31.2. The third-order valence-corrected chi connectivity index (χ3v) is 2.81. The van der Waals surface area contributed by atoms with Crippen molar-refractivity contribution in [1.29, 1.82) is 0 Å². The smallest absolute Gasteiger partial charge is 0.542 e. The summed E-state index contributed by atoms with van der Waals surface area (Å²) < 4.78 is 24.0. The first-order chi connectivity index (χ1) is 14.5. The van der Waals surface area contributed by atoms with Crippen LogP contribution >= 0.6 is 0 Å². The maximum absolute atomic E-state index is 11.9. The third-order valence-electron chi connectivity index (χ3n) is 2.81. The molecule has 179 valence electrons. The van der Waals surface area contributed by atoms with Gasteiger partial charge in [0.1, 0.15) is 5.60 Å². The van der Waals surface area contributed by atoms with Crippen molar-refractivity contribution in [2.75, 3.05) is 19.8 Å². The van der Waals surface area contributed by atoms with Crippen molar-refractivity contribution in [3.63, 3.8) is 0 Å². The summed E-state index contributed by atoms with van der Waals surface area (Å²) in [5.74, 6) is -0.650. The van der Waals surface area contributed by atoms with Gasteiger partial charge in [0.25, 0.3) is 0 Å². The molecule has 0 aromatic heterocycles. The van der Waals surface area contributed by atoms with Crippen molar-refractivity contribution < 1.29 is 59.9 Å². The Balaban J connectivity index is 0. The van der Waals surface area contributed by atoms with Crippen molar-refractivity contribution in [3.05, 3.63) is 35.7 Å². The van der Waals surface area contributed by atoms with Crippen molar-refractivity contribution >= 4 is 24.1 Å². The van der Waals surface area contributed by atoms with Gasteiger partial charge in [0.05, 0.1) is 25.6 Å². The van der Waals surface area contributed by atoms with Crippen LogP contribution in [-0.2, 0) is 40.8 Å². The molecule has 9 nitrogen and oxygen atoms in total. The van der Waals surface area contributed by atoms with E-state index < -0.39 is 29.7 Å². The molecular formula is C22H26CuO9. The quantitative estimate of drug-likeness (QED) is 0.146. The van der Waals surface area contributed by atoms with E-state index >= 15 is 0 Å². The minimum atomic E-state index is -0.977. The number of benzene rings is 1. The predicted molar refractivity (Wildman–Crippen MR) is 108 cm³/mol. The second kappa shape index (κ2) is 15.7. The molecule has 0 spiro atoms. The number of carbonyl (C=O) groups excluding carboxylic acids is 4. The normalized spacial score (nSPS) is 9.53. The largest absolute Gasteiger partial charge is 2.00 e. The van der Waals surface area contributed by atoms with E-state index in [4.69, 9.17) is 25.4 Å². The topological polar surface area (TPSA) is 114 Å². The molecule has 0 unspecified atom stereocenters. The van der Waals surface area contributed by atoms with Crippen LogP contribution < -0.4 is 4.74 Å². The van der Waals surface area contributed by atoms with Crippen LogP contribution in [0.1, 0.15) is 62.3 Å². The van der Waals surface area contributed by atoms with E-state index in [1.54, 1.807) is 47.5 Å². The van der Waals surface area contributed by atoms with Crippen molar-refractivity contribution in [3.8, 4) is 11.7 Å². The number of esters is 3. The maximum atomic E-state index is 11.9. The van der Waals surface area contributed by atoms with Crippen molar-refractivity contribution in [2.45, 2.75) is 47.1 Å². The zero-order chi connectivity index (χ0) is 24.0. The second-order valence-corrected chi connectivity index (χ2v) is 6.50. The first-order valence-electron chi connectivity index (χ1n) is 9.39. The average Bonchev–Trinajstić information content (AvgIpc) is 2.67. The standard InChI is InChI=1S/C17H21O7.C5H5O2.Cu/c1-6-21-14(18)11-8-12(15(19)22-7-2)10-13(9-11)23-16(20)24-17(3,4)5;1-3-5(6)7-4-2;/h8-9H,6-7H2,1-5H3;4H2,2H3;/q2*-1;+2. The number of ether oxygens (including phenoxy) is 5. The molecule has 0 aliphatic heterocycles. The molecule has 0 N–H and O–H groups in total. The van der Waals surface area contributed by atoms with E-state index in [1.807, 2.05) is 0 Å². The maximum Gasteiger partial charge on any atom is 2.00 e. The van der Waals surface area contributed by atoms with Gasteiger partial charge in [-0.2, -0.15) is 0 Å². The zero-order valence-electron chi connectivity index (χ0n) is 18.8. The molecule has 32 heavy (non-hydrogen) atoms. The zero-order valence-corrected chi connectivity index (χ0v) is 19.7. The predicted octanol–water partition coefficient (Wildman–Crippen LogP) is 3.29. The summed E-state index contributed by atoms with van der Waals surface area (Å²) in [5, 5.41) is 0. The molecule has 0 aliphatic rings. The van der Waals surface area contributed by atoms with E-state index in [0.29, 0.717) is 6.61 Å². The Hall–Kier alpha value is -3.02. The monoisotopic (exact) mass is 497 g/mol. The van der Waals surface area contributed by atoms with Crippen LogP contribution in [0.15, 0.2) is 12.1 Å². The molecule has 0 atom stereocenters. The number of rotatable bonds is 6. The summed E-state index contributed by atoms with van der Waals surface area (Å²) >= 11 is 0. The molecule has 1 radical (unpaired) electrons. The Morgan fingerprint density at radius 1 is 0.938 bits per heavy atom. The molecule has 0 aliphatic carbocycles. The summed E-state index contributed by atoms with van der Waals surface area (Å²) in [5.41, 5.74) is -0.766. The minimum Gasteiger partial charge on any atom is -0.542 e. The minimum absolute atomic E-state index is 0. The van der Waals surface area contributed by atoms with Gasteiger partial charge in [-0.15, -0.1) is 6.07 Å². The van der Waals surface area contributed by atoms with Gasteiger partial charge in [-0.05, 0) is 47.1 Å². The van der Waals surface area contributed by atoms with E-state index in [9.17, 15) is 19.2 Å². The molecule has 10 heteroatoms. The average molecular weight is 498 g/mol. The van der Waals surface area contributed by atoms with E-state index in [1.165, 1.54) is 12.1 Å². The molecule has 0 saturated heterocycles. The van der Waals surface area contributed by atoms with Crippen LogP contribution in [0.25, 0.3) is 0 Å². The van der Waals surface area contributed by atoms with Crippen LogP contribution in [0, 0.1) is 18.4 Å². The molecule has 0 amide bonds. The summed E-state index contributed by atoms with van der Waals surface area (Å²) in [6, 6.07) is 5.08. The molecule has 0 bridgehead atoms. The van der Waals surface area contributed by atoms with E-state index in [2.05, 4.69) is 10.8 Å². The summed E-state index contributed by atoms with van der Waals surface area (Å²) in [7, 11) is 0. The summed E-state index contributed by atoms with van der Waals surface area (Å²) in [6.45, 7) is 10.6. The first-order valence-corrected chi connectivity index (χ1v) is 9.39. The van der Waals surface area contributed by atoms with Crippen molar-refractivity contribution in [2.24, 2.45) is 0 Å². The van der Waals surface area contributed by atoms with Gasteiger partial charge >= 0.3 is 29.2 Å². The molecule has 1 rings (SSSR count). The van der Waals surface area contributed by atoms with Gasteiger partial charge in [-0.1, -0.05) is 17.7 Å². The Kier molecular flexibility index (Phi) is 15.3. The fourth-order valence-electron chi connectivity index (χ4n) is 1.78. The van der Waals surface area contributed by atoms with Crippen LogP contribution in [0.2, 0.25) is 0 Å².